The molecule has 1 aromatic rings. The van der Waals surface area contributed by atoms with Gasteiger partial charge in [0.05, 0.1) is 13.4 Å². The average Bonchev–Trinajstić information content (AvgIpc) is 2.86. The number of nitrogens with two attached hydrogens (primary N) is 1. The van der Waals surface area contributed by atoms with Crippen LogP contribution in [-0.4, -0.2) is 52.6 Å². The topological polar surface area (TPSA) is 115 Å². The molecule has 0 saturated carbocycles. The molecule has 2 rings (SSSR count). The van der Waals surface area contributed by atoms with E-state index in [2.05, 4.69) is 15.1 Å². The number of aromatic amines is 2. The molecule has 0 aromatic carbocycles. The van der Waals surface area contributed by atoms with E-state index in [1.165, 1.54) is 0 Å². The molecule has 7 nitrogen and oxygen atoms in total. The molecule has 8 heteroatoms. The summed E-state index contributed by atoms with van der Waals surface area (Å²) >= 11 is 0. The van der Waals surface area contributed by atoms with Crippen molar-refractivity contribution in [3.8, 4) is 0 Å². The highest BCUT2D eigenvalue weighted by Crippen LogP contribution is 2.20. The van der Waals surface area contributed by atoms with E-state index in [1.807, 2.05) is 0 Å². The van der Waals surface area contributed by atoms with E-state index in [4.69, 9.17) is 13.6 Å². The first kappa shape index (κ1) is 16.8. The fourth-order valence-electron chi connectivity index (χ4n) is 2.85. The van der Waals surface area contributed by atoms with Crippen molar-refractivity contribution in [1.29, 1.82) is 0 Å². The summed E-state index contributed by atoms with van der Waals surface area (Å²) in [4.78, 5) is 25.2. The van der Waals surface area contributed by atoms with Crippen molar-refractivity contribution < 1.29 is 9.90 Å². The fraction of sp³-hybridized carbons (Fsp3) is 0.714. The van der Waals surface area contributed by atoms with Gasteiger partial charge in [0.15, 0.2) is 0 Å². The van der Waals surface area contributed by atoms with Gasteiger partial charge in [0.25, 0.3) is 5.56 Å². The first-order chi connectivity index (χ1) is 10.5. The molecule has 1 unspecified atom stereocenters. The number of aromatic nitrogens is 2. The van der Waals surface area contributed by atoms with Crippen LogP contribution in [0.4, 0.5) is 0 Å². The molecule has 0 bridgehead atoms. The number of nitrogens with zero attached hydrogens (tertiary/aromatic N) is 1. The SMILES string of the molecule is [B]CCCCC(N)(CCN1CCc2[nH][nH]c(=O)c2C1)C(=O)O. The summed E-state index contributed by atoms with van der Waals surface area (Å²) in [6.45, 7) is 1.89. The fourth-order valence-corrected chi connectivity index (χ4v) is 2.85. The number of rotatable bonds is 8. The van der Waals surface area contributed by atoms with Crippen LogP contribution in [0.3, 0.4) is 0 Å². The highest BCUT2D eigenvalue weighted by molar-refractivity contribution is 6.08. The van der Waals surface area contributed by atoms with Crippen molar-refractivity contribution in [2.24, 2.45) is 5.73 Å². The smallest absolute Gasteiger partial charge is 0.323 e. The Kier molecular flexibility index (Phi) is 5.47. The molecule has 1 aliphatic rings. The lowest BCUT2D eigenvalue weighted by atomic mass is 9.87. The quantitative estimate of drug-likeness (QED) is 0.398. The minimum Gasteiger partial charge on any atom is -0.480 e. The molecule has 5 N–H and O–H groups in total. The summed E-state index contributed by atoms with van der Waals surface area (Å²) in [6, 6.07) is 0. The molecule has 0 fully saturated rings. The van der Waals surface area contributed by atoms with Crippen LogP contribution in [0.5, 0.6) is 0 Å². The Morgan fingerprint density at radius 2 is 2.14 bits per heavy atom. The van der Waals surface area contributed by atoms with Crippen molar-refractivity contribution in [3.63, 3.8) is 0 Å². The van der Waals surface area contributed by atoms with Crippen molar-refractivity contribution >= 4 is 13.8 Å². The number of hydrogen-bond acceptors (Lipinski definition) is 4. The van der Waals surface area contributed by atoms with E-state index in [9.17, 15) is 14.7 Å². The van der Waals surface area contributed by atoms with Crippen LogP contribution >= 0.6 is 0 Å². The Balaban J connectivity index is 1.91. The lowest BCUT2D eigenvalue weighted by Crippen LogP contribution is -2.50. The summed E-state index contributed by atoms with van der Waals surface area (Å²) < 4.78 is 0. The highest BCUT2D eigenvalue weighted by atomic mass is 16.4. The summed E-state index contributed by atoms with van der Waals surface area (Å²) in [7, 11) is 5.44. The normalized spacial score (nSPS) is 17.9. The first-order valence-electron chi connectivity index (χ1n) is 7.69. The van der Waals surface area contributed by atoms with E-state index in [1.54, 1.807) is 0 Å². The maximum atomic E-state index is 11.6. The van der Waals surface area contributed by atoms with Crippen LogP contribution < -0.4 is 11.3 Å². The van der Waals surface area contributed by atoms with Gasteiger partial charge in [-0.05, 0) is 12.8 Å². The van der Waals surface area contributed by atoms with Crippen molar-refractivity contribution in [2.45, 2.75) is 50.5 Å². The van der Waals surface area contributed by atoms with E-state index >= 15 is 0 Å². The van der Waals surface area contributed by atoms with Gasteiger partial charge in [-0.2, -0.15) is 0 Å². The second-order valence-electron chi connectivity index (χ2n) is 6.02. The van der Waals surface area contributed by atoms with Gasteiger partial charge < -0.3 is 15.9 Å². The first-order valence-corrected chi connectivity index (χ1v) is 7.69. The summed E-state index contributed by atoms with van der Waals surface area (Å²) in [5.41, 5.74) is 6.43. The molecule has 0 amide bonds. The van der Waals surface area contributed by atoms with Crippen molar-refractivity contribution in [2.75, 3.05) is 13.1 Å². The number of aliphatic carboxylic acids is 1. The number of carboxylic acid groups (broad SMARTS) is 1. The third-order valence-electron chi connectivity index (χ3n) is 4.40. The molecule has 2 radical (unpaired) electrons. The molecular weight excluding hydrogens is 283 g/mol. The van der Waals surface area contributed by atoms with Gasteiger partial charge in [-0.1, -0.05) is 19.2 Å². The lowest BCUT2D eigenvalue weighted by Gasteiger charge is -2.31. The van der Waals surface area contributed by atoms with E-state index in [-0.39, 0.29) is 5.56 Å². The Morgan fingerprint density at radius 3 is 2.82 bits per heavy atom. The number of carbonyl (C=O) groups is 1. The molecule has 0 saturated heterocycles. The van der Waals surface area contributed by atoms with Crippen LogP contribution in [-0.2, 0) is 17.8 Å². The molecule has 2 heterocycles. The van der Waals surface area contributed by atoms with Crippen molar-refractivity contribution in [3.05, 3.63) is 21.6 Å². The number of nitrogens with one attached hydrogen (secondary N) is 2. The van der Waals surface area contributed by atoms with Gasteiger partial charge in [-0.3, -0.25) is 19.6 Å². The molecule has 1 atom stereocenters. The zero-order valence-corrected chi connectivity index (χ0v) is 12.7. The largest absolute Gasteiger partial charge is 0.480 e. The van der Waals surface area contributed by atoms with Crippen LogP contribution in [0, 0.1) is 0 Å². The monoisotopic (exact) mass is 306 g/mol. The van der Waals surface area contributed by atoms with E-state index in [0.29, 0.717) is 38.7 Å². The molecule has 1 aliphatic heterocycles. The standard InChI is InChI=1S/C14H23BN4O3/c15-6-2-1-4-14(16,13(21)22)5-8-19-7-3-11-10(9-19)12(20)18-17-11/h1-9,16H2,(H,21,22)(H2,17,18,20). The number of fused-ring (bicyclic) bond motifs is 1. The third-order valence-corrected chi connectivity index (χ3v) is 4.40. The summed E-state index contributed by atoms with van der Waals surface area (Å²) in [6.07, 6.45) is 3.57. The zero-order valence-electron chi connectivity index (χ0n) is 12.7. The predicted octanol–water partition coefficient (Wildman–Crippen LogP) is -0.00960. The number of unbranched alkanes of at least 4 members (excludes halogenated alkanes) is 1. The van der Waals surface area contributed by atoms with Crippen LogP contribution in [0.15, 0.2) is 4.79 Å². The second kappa shape index (κ2) is 7.15. The lowest BCUT2D eigenvalue weighted by molar-refractivity contribution is -0.144. The van der Waals surface area contributed by atoms with E-state index < -0.39 is 11.5 Å². The van der Waals surface area contributed by atoms with Gasteiger partial charge in [0, 0.05) is 31.7 Å². The number of hydrogen-bond donors (Lipinski definition) is 4. The van der Waals surface area contributed by atoms with E-state index in [0.717, 1.165) is 30.6 Å². The van der Waals surface area contributed by atoms with Gasteiger partial charge in [-0.25, -0.2) is 0 Å². The second-order valence-corrected chi connectivity index (χ2v) is 6.02. The minimum absolute atomic E-state index is 0.0973. The van der Waals surface area contributed by atoms with Gasteiger partial charge in [-0.15, -0.1) is 0 Å². The summed E-state index contributed by atoms with van der Waals surface area (Å²) in [5.74, 6) is -0.971. The predicted molar refractivity (Wildman–Crippen MR) is 84.0 cm³/mol. The minimum atomic E-state index is -1.22. The van der Waals surface area contributed by atoms with Gasteiger partial charge in [0.2, 0.25) is 0 Å². The Morgan fingerprint density at radius 1 is 1.36 bits per heavy atom. The third kappa shape index (κ3) is 3.81. The molecule has 1 aromatic heterocycles. The summed E-state index contributed by atoms with van der Waals surface area (Å²) in [5, 5.41) is 14.9. The highest BCUT2D eigenvalue weighted by Gasteiger charge is 2.34. The Bertz CT molecular complexity index is 571. The van der Waals surface area contributed by atoms with Crippen LogP contribution in [0.25, 0.3) is 0 Å². The Hall–Kier alpha value is -1.54. The molecule has 22 heavy (non-hydrogen) atoms. The number of carboxylic acids is 1. The molecule has 120 valence electrons. The van der Waals surface area contributed by atoms with Gasteiger partial charge >= 0.3 is 5.97 Å². The molecule has 0 aliphatic carbocycles. The number of H-pyrrole nitrogens is 2. The Labute approximate surface area is 130 Å². The average molecular weight is 306 g/mol. The molecular formula is C14H23BN4O3. The van der Waals surface area contributed by atoms with Crippen LogP contribution in [0.1, 0.15) is 36.9 Å². The van der Waals surface area contributed by atoms with Gasteiger partial charge in [0.1, 0.15) is 5.54 Å². The zero-order chi connectivity index (χ0) is 16.2. The maximum Gasteiger partial charge on any atom is 0.323 e. The maximum absolute atomic E-state index is 11.6. The van der Waals surface area contributed by atoms with Crippen molar-refractivity contribution in [1.82, 2.24) is 15.1 Å². The van der Waals surface area contributed by atoms with Crippen LogP contribution in [0.2, 0.25) is 6.32 Å². The molecule has 0 spiro atoms.